The van der Waals surface area contributed by atoms with Crippen LogP contribution in [0.2, 0.25) is 5.02 Å². The normalized spacial score (nSPS) is 20.7. The first-order valence-electron chi connectivity index (χ1n) is 13.4. The lowest BCUT2D eigenvalue weighted by Gasteiger charge is -2.37. The molecular weight excluding hydrogens is 644 g/mol. The predicted octanol–water partition coefficient (Wildman–Crippen LogP) is 7.18. The largest absolute Gasteiger partial charge is 0.497 e. The standard InChI is InChI=1S/C31H29Br2ClN2O3/c1-39-24-4-5-25-20(13-24)10-21(31(25)38)14-27(37)36-8-6-17(7-9-36)29-28-18(12-23(34)15-26(28)33)2-3-19-11-22(32)16-35-30(19)29/h4-5,11-13,15-17,21,29H,2-3,6-10,14H2,1H3/t21?,29-/m1/s1. The van der Waals surface area contributed by atoms with Gasteiger partial charge in [0.25, 0.3) is 0 Å². The summed E-state index contributed by atoms with van der Waals surface area (Å²) < 4.78 is 7.34. The van der Waals surface area contributed by atoms with Crippen molar-refractivity contribution in [2.24, 2.45) is 11.8 Å². The number of aromatic nitrogens is 1. The van der Waals surface area contributed by atoms with Crippen LogP contribution >= 0.6 is 43.5 Å². The molecule has 2 aromatic carbocycles. The minimum Gasteiger partial charge on any atom is -0.497 e. The first-order valence-corrected chi connectivity index (χ1v) is 15.4. The zero-order chi connectivity index (χ0) is 27.3. The topological polar surface area (TPSA) is 59.5 Å². The molecule has 3 aliphatic rings. The van der Waals surface area contributed by atoms with Gasteiger partial charge < -0.3 is 9.64 Å². The number of amides is 1. The molecule has 6 rings (SSSR count). The lowest BCUT2D eigenvalue weighted by atomic mass is 9.76. The van der Waals surface area contributed by atoms with E-state index in [2.05, 4.69) is 44.0 Å². The number of likely N-dealkylation sites (tertiary alicyclic amines) is 1. The van der Waals surface area contributed by atoms with Crippen LogP contribution < -0.4 is 4.74 Å². The first-order chi connectivity index (χ1) is 18.8. The van der Waals surface area contributed by atoms with Gasteiger partial charge in [-0.05, 0) is 113 Å². The summed E-state index contributed by atoms with van der Waals surface area (Å²) in [6.07, 6.45) is 6.36. The minimum absolute atomic E-state index is 0.0725. The van der Waals surface area contributed by atoms with E-state index in [0.29, 0.717) is 25.4 Å². The Labute approximate surface area is 250 Å². The molecule has 5 nitrogen and oxygen atoms in total. The van der Waals surface area contributed by atoms with E-state index in [-0.39, 0.29) is 29.9 Å². The molecule has 0 bridgehead atoms. The summed E-state index contributed by atoms with van der Waals surface area (Å²) >= 11 is 13.9. The van der Waals surface area contributed by atoms with Crippen molar-refractivity contribution in [3.8, 4) is 5.75 Å². The van der Waals surface area contributed by atoms with Crippen LogP contribution in [0.5, 0.6) is 5.75 Å². The van der Waals surface area contributed by atoms with E-state index in [9.17, 15) is 9.59 Å². The number of ether oxygens (including phenoxy) is 1. The molecule has 202 valence electrons. The zero-order valence-corrected chi connectivity index (χ0v) is 25.6. The highest BCUT2D eigenvalue weighted by molar-refractivity contribution is 9.10. The van der Waals surface area contributed by atoms with Gasteiger partial charge >= 0.3 is 0 Å². The van der Waals surface area contributed by atoms with Gasteiger partial charge in [0.2, 0.25) is 5.91 Å². The maximum Gasteiger partial charge on any atom is 0.223 e. The van der Waals surface area contributed by atoms with Crippen molar-refractivity contribution in [2.75, 3.05) is 20.2 Å². The molecule has 0 spiro atoms. The molecule has 39 heavy (non-hydrogen) atoms. The average molecular weight is 673 g/mol. The van der Waals surface area contributed by atoms with Crippen molar-refractivity contribution in [1.29, 1.82) is 0 Å². The Morgan fingerprint density at radius 3 is 2.62 bits per heavy atom. The lowest BCUT2D eigenvalue weighted by Crippen LogP contribution is -2.41. The molecule has 1 amide bonds. The molecule has 8 heteroatoms. The summed E-state index contributed by atoms with van der Waals surface area (Å²) in [5.41, 5.74) is 6.65. The lowest BCUT2D eigenvalue weighted by molar-refractivity contribution is -0.133. The van der Waals surface area contributed by atoms with Crippen molar-refractivity contribution >= 4 is 55.2 Å². The summed E-state index contributed by atoms with van der Waals surface area (Å²) in [5.74, 6) is 1.08. The number of pyridine rings is 1. The van der Waals surface area contributed by atoms with Crippen LogP contribution in [-0.2, 0) is 24.1 Å². The Hall–Kier alpha value is -2.22. The second kappa shape index (κ2) is 11.0. The van der Waals surface area contributed by atoms with Crippen molar-refractivity contribution in [2.45, 2.75) is 44.4 Å². The fourth-order valence-corrected chi connectivity index (χ4v) is 8.20. The number of ketones is 1. The second-order valence-corrected chi connectivity index (χ2v) is 13.1. The molecule has 2 atom stereocenters. The third-order valence-electron chi connectivity index (χ3n) is 8.62. The molecule has 1 saturated heterocycles. The molecule has 1 aliphatic heterocycles. The van der Waals surface area contributed by atoms with Crippen molar-refractivity contribution in [3.63, 3.8) is 0 Å². The molecule has 2 aliphatic carbocycles. The summed E-state index contributed by atoms with van der Waals surface area (Å²) in [4.78, 5) is 33.2. The fourth-order valence-electron chi connectivity index (χ4n) is 6.70. The van der Waals surface area contributed by atoms with Gasteiger partial charge in [0.05, 0.1) is 12.8 Å². The molecule has 0 radical (unpaired) electrons. The number of fused-ring (bicyclic) bond motifs is 3. The average Bonchev–Trinajstić information content (AvgIpc) is 3.13. The van der Waals surface area contributed by atoms with Crippen LogP contribution in [0.25, 0.3) is 0 Å². The number of piperidine rings is 1. The van der Waals surface area contributed by atoms with Gasteiger partial charge in [0, 0.05) is 57.1 Å². The number of aryl methyl sites for hydroxylation is 2. The Kier molecular flexibility index (Phi) is 7.60. The van der Waals surface area contributed by atoms with E-state index in [1.807, 2.05) is 35.4 Å². The van der Waals surface area contributed by atoms with E-state index >= 15 is 0 Å². The van der Waals surface area contributed by atoms with Gasteiger partial charge in [0.1, 0.15) is 5.75 Å². The highest BCUT2D eigenvalue weighted by atomic mass is 79.9. The number of hydrogen-bond acceptors (Lipinski definition) is 4. The quantitative estimate of drug-likeness (QED) is 0.295. The number of carbonyl (C=O) groups is 2. The van der Waals surface area contributed by atoms with E-state index in [1.54, 1.807) is 7.11 Å². The monoisotopic (exact) mass is 670 g/mol. The number of halogens is 3. The maximum absolute atomic E-state index is 13.3. The highest BCUT2D eigenvalue weighted by Crippen LogP contribution is 2.46. The second-order valence-electron chi connectivity index (χ2n) is 10.8. The third kappa shape index (κ3) is 5.18. The first kappa shape index (κ1) is 27.0. The van der Waals surface area contributed by atoms with E-state index in [0.717, 1.165) is 62.2 Å². The highest BCUT2D eigenvalue weighted by Gasteiger charge is 2.38. The van der Waals surface area contributed by atoms with Crippen LogP contribution in [0.4, 0.5) is 0 Å². The SMILES string of the molecule is COc1ccc2c(c1)CC(CC(=O)N1CCC([C@H]3c4ncc(Br)cc4CCc4cc(Cl)cc(Br)c43)CC1)C2=O. The van der Waals surface area contributed by atoms with Crippen LogP contribution in [0, 0.1) is 11.8 Å². The molecular formula is C31H29Br2ClN2O3. The van der Waals surface area contributed by atoms with Crippen LogP contribution in [0.15, 0.2) is 51.5 Å². The number of methoxy groups -OCH3 is 1. The van der Waals surface area contributed by atoms with Crippen LogP contribution in [-0.4, -0.2) is 41.8 Å². The van der Waals surface area contributed by atoms with E-state index < -0.39 is 0 Å². The number of nitrogens with zero attached hydrogens (tertiary/aromatic N) is 2. The fraction of sp³-hybridized carbons (Fsp3) is 0.387. The number of Topliss-reactive ketones (excluding diaryl/α,β-unsaturated/α-hetero) is 1. The van der Waals surface area contributed by atoms with Crippen LogP contribution in [0.3, 0.4) is 0 Å². The maximum atomic E-state index is 13.3. The van der Waals surface area contributed by atoms with Crippen LogP contribution in [0.1, 0.15) is 63.5 Å². The molecule has 1 fully saturated rings. The van der Waals surface area contributed by atoms with Gasteiger partial charge in [-0.15, -0.1) is 0 Å². The summed E-state index contributed by atoms with van der Waals surface area (Å²) in [6.45, 7) is 1.38. The summed E-state index contributed by atoms with van der Waals surface area (Å²) in [5, 5.41) is 0.738. The third-order valence-corrected chi connectivity index (χ3v) is 9.93. The number of benzene rings is 2. The molecule has 2 heterocycles. The van der Waals surface area contributed by atoms with E-state index in [4.69, 9.17) is 21.3 Å². The molecule has 0 N–H and O–H groups in total. The number of rotatable bonds is 4. The van der Waals surface area contributed by atoms with Gasteiger partial charge in [-0.2, -0.15) is 0 Å². The smallest absolute Gasteiger partial charge is 0.223 e. The molecule has 1 unspecified atom stereocenters. The van der Waals surface area contributed by atoms with E-state index in [1.165, 1.54) is 16.7 Å². The van der Waals surface area contributed by atoms with Gasteiger partial charge in [0.15, 0.2) is 5.78 Å². The Balaban J connectivity index is 1.19. The van der Waals surface area contributed by atoms with Crippen molar-refractivity contribution in [3.05, 3.63) is 90.1 Å². The zero-order valence-electron chi connectivity index (χ0n) is 21.7. The molecule has 3 aromatic rings. The molecule has 1 aromatic heterocycles. The Bertz CT molecular complexity index is 1470. The minimum atomic E-state index is -0.290. The van der Waals surface area contributed by atoms with Gasteiger partial charge in [-0.3, -0.25) is 14.6 Å². The predicted molar refractivity (Wildman–Crippen MR) is 159 cm³/mol. The van der Waals surface area contributed by atoms with Crippen molar-refractivity contribution < 1.29 is 14.3 Å². The summed E-state index contributed by atoms with van der Waals surface area (Å²) in [7, 11) is 1.62. The van der Waals surface area contributed by atoms with Gasteiger partial charge in [-0.25, -0.2) is 0 Å². The summed E-state index contributed by atoms with van der Waals surface area (Å²) in [6, 6.07) is 11.8. The number of carbonyl (C=O) groups excluding carboxylic acids is 2. The van der Waals surface area contributed by atoms with Gasteiger partial charge in [-0.1, -0.05) is 27.5 Å². The number of hydrogen-bond donors (Lipinski definition) is 0. The van der Waals surface area contributed by atoms with Crippen molar-refractivity contribution in [1.82, 2.24) is 9.88 Å². The Morgan fingerprint density at radius 2 is 1.85 bits per heavy atom. The Morgan fingerprint density at radius 1 is 1.08 bits per heavy atom. The molecule has 0 saturated carbocycles.